The molecule has 3 heteroatoms. The molecule has 0 aliphatic carbocycles. The first-order chi connectivity index (χ1) is 7.86. The summed E-state index contributed by atoms with van der Waals surface area (Å²) in [5, 5.41) is 6.95. The van der Waals surface area contributed by atoms with E-state index in [1.54, 1.807) is 0 Å². The summed E-state index contributed by atoms with van der Waals surface area (Å²) in [5.41, 5.74) is 1.36. The maximum absolute atomic E-state index is 3.52. The third kappa shape index (κ3) is 3.30. The Morgan fingerprint density at radius 2 is 2.19 bits per heavy atom. The fourth-order valence-corrected chi connectivity index (χ4v) is 2.07. The summed E-state index contributed by atoms with van der Waals surface area (Å²) < 4.78 is 0. The minimum Gasteiger partial charge on any atom is -0.314 e. The van der Waals surface area contributed by atoms with Crippen LogP contribution in [0.3, 0.4) is 0 Å². The van der Waals surface area contributed by atoms with Crippen LogP contribution in [0.25, 0.3) is 0 Å². The van der Waals surface area contributed by atoms with Gasteiger partial charge in [-0.15, -0.1) is 0 Å². The zero-order valence-electron chi connectivity index (χ0n) is 9.95. The van der Waals surface area contributed by atoms with E-state index < -0.39 is 0 Å². The Labute approximate surface area is 97.8 Å². The fourth-order valence-electron chi connectivity index (χ4n) is 2.07. The molecule has 0 amide bonds. The van der Waals surface area contributed by atoms with Crippen molar-refractivity contribution in [3.8, 4) is 0 Å². The van der Waals surface area contributed by atoms with Crippen LogP contribution in [-0.2, 0) is 6.54 Å². The van der Waals surface area contributed by atoms with Crippen molar-refractivity contribution in [1.29, 1.82) is 0 Å². The smallest absolute Gasteiger partial charge is 0.0342 e. The Balaban J connectivity index is 1.71. The van der Waals surface area contributed by atoms with Crippen molar-refractivity contribution < 1.29 is 0 Å². The molecule has 0 radical (unpaired) electrons. The second-order valence-electron chi connectivity index (χ2n) is 4.46. The van der Waals surface area contributed by atoms with E-state index in [1.807, 2.05) is 0 Å². The lowest BCUT2D eigenvalue weighted by molar-refractivity contribution is 0.195. The molecule has 3 nitrogen and oxygen atoms in total. The normalized spacial score (nSPS) is 22.2. The topological polar surface area (TPSA) is 27.3 Å². The van der Waals surface area contributed by atoms with Gasteiger partial charge in [-0.2, -0.15) is 0 Å². The molecule has 1 aromatic rings. The fraction of sp³-hybridized carbons (Fsp3) is 0.538. The predicted octanol–water partition coefficient (Wildman–Crippen LogP) is 0.680. The van der Waals surface area contributed by atoms with Crippen LogP contribution in [0.2, 0.25) is 0 Å². The van der Waals surface area contributed by atoms with E-state index in [4.69, 9.17) is 0 Å². The number of nitrogens with one attached hydrogen (secondary N) is 2. The summed E-state index contributed by atoms with van der Waals surface area (Å²) in [5.74, 6) is 0. The van der Waals surface area contributed by atoms with E-state index in [-0.39, 0.29) is 0 Å². The largest absolute Gasteiger partial charge is 0.314 e. The van der Waals surface area contributed by atoms with Gasteiger partial charge in [-0.25, -0.2) is 0 Å². The molecule has 2 rings (SSSR count). The zero-order chi connectivity index (χ0) is 11.2. The van der Waals surface area contributed by atoms with Gasteiger partial charge in [-0.3, -0.25) is 4.90 Å². The summed E-state index contributed by atoms with van der Waals surface area (Å²) in [6.07, 6.45) is 0. The number of hydrogen-bond acceptors (Lipinski definition) is 3. The predicted molar refractivity (Wildman–Crippen MR) is 67.4 cm³/mol. The molecule has 1 atom stereocenters. The van der Waals surface area contributed by atoms with Crippen molar-refractivity contribution in [2.75, 3.05) is 33.2 Å². The van der Waals surface area contributed by atoms with Crippen LogP contribution >= 0.6 is 0 Å². The molecule has 1 aliphatic heterocycles. The van der Waals surface area contributed by atoms with Crippen molar-refractivity contribution in [2.24, 2.45) is 0 Å². The van der Waals surface area contributed by atoms with Gasteiger partial charge in [0.25, 0.3) is 0 Å². The van der Waals surface area contributed by atoms with Gasteiger partial charge in [-0.05, 0) is 12.6 Å². The van der Waals surface area contributed by atoms with Gasteiger partial charge < -0.3 is 10.6 Å². The van der Waals surface area contributed by atoms with Crippen LogP contribution in [0.5, 0.6) is 0 Å². The van der Waals surface area contributed by atoms with Gasteiger partial charge in [0.1, 0.15) is 0 Å². The molecule has 1 saturated heterocycles. The first-order valence-electron chi connectivity index (χ1n) is 6.02. The SMILES string of the molecule is CN1CCNCC1CNCc1ccccc1. The molecular weight excluding hydrogens is 198 g/mol. The third-order valence-electron chi connectivity index (χ3n) is 3.20. The number of likely N-dealkylation sites (N-methyl/N-ethyl adjacent to an activating group) is 1. The molecular formula is C13H21N3. The van der Waals surface area contributed by atoms with E-state index >= 15 is 0 Å². The van der Waals surface area contributed by atoms with Gasteiger partial charge in [0.05, 0.1) is 0 Å². The van der Waals surface area contributed by atoms with Gasteiger partial charge in [0, 0.05) is 38.8 Å². The number of hydrogen-bond donors (Lipinski definition) is 2. The van der Waals surface area contributed by atoms with Crippen molar-refractivity contribution in [1.82, 2.24) is 15.5 Å². The van der Waals surface area contributed by atoms with E-state index in [2.05, 4.69) is 52.9 Å². The molecule has 0 saturated carbocycles. The standard InChI is InChI=1S/C13H21N3/c1-16-8-7-14-10-13(16)11-15-9-12-5-3-2-4-6-12/h2-6,13-15H,7-11H2,1H3. The van der Waals surface area contributed by atoms with E-state index in [0.717, 1.165) is 32.7 Å². The van der Waals surface area contributed by atoms with E-state index in [9.17, 15) is 0 Å². The lowest BCUT2D eigenvalue weighted by atomic mass is 10.2. The summed E-state index contributed by atoms with van der Waals surface area (Å²) >= 11 is 0. The van der Waals surface area contributed by atoms with Crippen molar-refractivity contribution >= 4 is 0 Å². The highest BCUT2D eigenvalue weighted by Gasteiger charge is 2.17. The maximum atomic E-state index is 3.52. The molecule has 16 heavy (non-hydrogen) atoms. The van der Waals surface area contributed by atoms with E-state index in [0.29, 0.717) is 6.04 Å². The zero-order valence-corrected chi connectivity index (χ0v) is 9.95. The van der Waals surface area contributed by atoms with E-state index in [1.165, 1.54) is 5.56 Å². The van der Waals surface area contributed by atoms with Crippen molar-refractivity contribution in [3.63, 3.8) is 0 Å². The van der Waals surface area contributed by atoms with Crippen LogP contribution in [0.1, 0.15) is 5.56 Å². The Bertz CT molecular complexity index is 299. The van der Waals surface area contributed by atoms with Crippen LogP contribution in [-0.4, -0.2) is 44.2 Å². The molecule has 1 fully saturated rings. The summed E-state index contributed by atoms with van der Waals surface area (Å²) in [6.45, 7) is 5.38. The molecule has 0 spiro atoms. The van der Waals surface area contributed by atoms with Crippen LogP contribution in [0.4, 0.5) is 0 Å². The quantitative estimate of drug-likeness (QED) is 0.780. The number of benzene rings is 1. The van der Waals surface area contributed by atoms with Gasteiger partial charge in [-0.1, -0.05) is 30.3 Å². The molecule has 1 aliphatic rings. The molecule has 1 aromatic carbocycles. The molecule has 0 bridgehead atoms. The highest BCUT2D eigenvalue weighted by atomic mass is 15.2. The summed E-state index contributed by atoms with van der Waals surface area (Å²) in [6, 6.07) is 11.2. The molecule has 1 heterocycles. The van der Waals surface area contributed by atoms with Crippen molar-refractivity contribution in [2.45, 2.75) is 12.6 Å². The Morgan fingerprint density at radius 3 is 2.94 bits per heavy atom. The third-order valence-corrected chi connectivity index (χ3v) is 3.20. The first kappa shape index (κ1) is 11.6. The summed E-state index contributed by atoms with van der Waals surface area (Å²) in [7, 11) is 2.20. The highest BCUT2D eigenvalue weighted by Crippen LogP contribution is 2.00. The Kier molecular flexibility index (Phi) is 4.34. The lowest BCUT2D eigenvalue weighted by Gasteiger charge is -2.33. The van der Waals surface area contributed by atoms with Gasteiger partial charge >= 0.3 is 0 Å². The number of rotatable bonds is 4. The first-order valence-corrected chi connectivity index (χ1v) is 6.02. The second kappa shape index (κ2) is 5.99. The number of nitrogens with zero attached hydrogens (tertiary/aromatic N) is 1. The van der Waals surface area contributed by atoms with Gasteiger partial charge in [0.15, 0.2) is 0 Å². The highest BCUT2D eigenvalue weighted by molar-refractivity contribution is 5.14. The maximum Gasteiger partial charge on any atom is 0.0342 e. The monoisotopic (exact) mass is 219 g/mol. The molecule has 1 unspecified atom stereocenters. The number of piperazine rings is 1. The van der Waals surface area contributed by atoms with Crippen molar-refractivity contribution in [3.05, 3.63) is 35.9 Å². The Morgan fingerprint density at radius 1 is 1.38 bits per heavy atom. The molecule has 0 aromatic heterocycles. The minimum atomic E-state index is 0.623. The molecule has 88 valence electrons. The lowest BCUT2D eigenvalue weighted by Crippen LogP contribution is -2.53. The molecule has 2 N–H and O–H groups in total. The Hall–Kier alpha value is -0.900. The average molecular weight is 219 g/mol. The minimum absolute atomic E-state index is 0.623. The summed E-state index contributed by atoms with van der Waals surface area (Å²) in [4.78, 5) is 2.43. The van der Waals surface area contributed by atoms with Gasteiger partial charge in [0.2, 0.25) is 0 Å². The van der Waals surface area contributed by atoms with Crippen LogP contribution in [0.15, 0.2) is 30.3 Å². The average Bonchev–Trinajstić information content (AvgIpc) is 2.33. The van der Waals surface area contributed by atoms with Crippen LogP contribution < -0.4 is 10.6 Å². The van der Waals surface area contributed by atoms with Crippen LogP contribution in [0, 0.1) is 0 Å². The second-order valence-corrected chi connectivity index (χ2v) is 4.46.